The molecule has 1 aromatic carbocycles. The number of nitrogens with zero attached hydrogens (tertiary/aromatic N) is 1. The molecule has 2 rings (SSSR count). The molecule has 5 heteroatoms. The van der Waals surface area contributed by atoms with Gasteiger partial charge in [0.2, 0.25) is 0 Å². The number of ether oxygens (including phenoxy) is 1. The molecule has 1 fully saturated rings. The largest absolute Gasteiger partial charge is 0.496 e. The molecule has 1 heterocycles. The zero-order valence-electron chi connectivity index (χ0n) is 11.1. The van der Waals surface area contributed by atoms with E-state index in [1.807, 2.05) is 17.0 Å². The van der Waals surface area contributed by atoms with Crippen molar-refractivity contribution in [3.8, 4) is 5.75 Å². The first-order valence-corrected chi connectivity index (χ1v) is 6.94. The molecular formula is C14H19ClN2O2. The molecule has 1 aliphatic rings. The molecule has 0 spiro atoms. The molecule has 0 unspecified atom stereocenters. The molecule has 104 valence electrons. The third-order valence-electron chi connectivity index (χ3n) is 3.36. The van der Waals surface area contributed by atoms with Crippen LogP contribution in [0.4, 0.5) is 4.79 Å². The summed E-state index contributed by atoms with van der Waals surface area (Å²) in [4.78, 5) is 13.9. The standard InChI is InChI=1S/C14H19ClN2O2/c1-19-13-7-5-6-12(15)11(13)10-16-14(18)17-8-3-2-4-9-17/h5-7H,2-4,8-10H2,1H3,(H,16,18). The highest BCUT2D eigenvalue weighted by atomic mass is 35.5. The van der Waals surface area contributed by atoms with E-state index in [-0.39, 0.29) is 6.03 Å². The smallest absolute Gasteiger partial charge is 0.317 e. The highest BCUT2D eigenvalue weighted by Crippen LogP contribution is 2.25. The van der Waals surface area contributed by atoms with Gasteiger partial charge in [0, 0.05) is 30.2 Å². The molecule has 4 nitrogen and oxygen atoms in total. The Labute approximate surface area is 118 Å². The maximum Gasteiger partial charge on any atom is 0.317 e. The first-order valence-electron chi connectivity index (χ1n) is 6.56. The second kappa shape index (κ2) is 6.66. The predicted octanol–water partition coefficient (Wildman–Crippen LogP) is 3.04. The fraction of sp³-hybridized carbons (Fsp3) is 0.500. The van der Waals surface area contributed by atoms with Gasteiger partial charge in [0.1, 0.15) is 5.75 Å². The van der Waals surface area contributed by atoms with Crippen molar-refractivity contribution in [2.24, 2.45) is 0 Å². The summed E-state index contributed by atoms with van der Waals surface area (Å²) in [6, 6.07) is 5.44. The van der Waals surface area contributed by atoms with E-state index in [9.17, 15) is 4.79 Å². The van der Waals surface area contributed by atoms with Gasteiger partial charge < -0.3 is 15.0 Å². The molecule has 1 aliphatic heterocycles. The minimum Gasteiger partial charge on any atom is -0.496 e. The summed E-state index contributed by atoms with van der Waals surface area (Å²) in [5.41, 5.74) is 0.817. The van der Waals surface area contributed by atoms with E-state index >= 15 is 0 Å². The molecule has 0 saturated carbocycles. The molecule has 0 aliphatic carbocycles. The maximum atomic E-state index is 12.0. The van der Waals surface area contributed by atoms with Gasteiger partial charge in [-0.25, -0.2) is 4.79 Å². The summed E-state index contributed by atoms with van der Waals surface area (Å²) in [6.45, 7) is 2.06. The Morgan fingerprint density at radius 2 is 2.11 bits per heavy atom. The molecule has 1 N–H and O–H groups in total. The summed E-state index contributed by atoms with van der Waals surface area (Å²) < 4.78 is 5.25. The Kier molecular flexibility index (Phi) is 4.91. The molecule has 1 saturated heterocycles. The maximum absolute atomic E-state index is 12.0. The third kappa shape index (κ3) is 3.53. The second-order valence-corrected chi connectivity index (χ2v) is 5.03. The van der Waals surface area contributed by atoms with Gasteiger partial charge in [-0.2, -0.15) is 0 Å². The van der Waals surface area contributed by atoms with Crippen molar-refractivity contribution in [1.82, 2.24) is 10.2 Å². The van der Waals surface area contributed by atoms with Crippen LogP contribution in [0, 0.1) is 0 Å². The quantitative estimate of drug-likeness (QED) is 0.926. The van der Waals surface area contributed by atoms with Crippen molar-refractivity contribution in [3.05, 3.63) is 28.8 Å². The average Bonchev–Trinajstić information content (AvgIpc) is 2.46. The van der Waals surface area contributed by atoms with Crippen molar-refractivity contribution in [1.29, 1.82) is 0 Å². The number of amides is 2. The monoisotopic (exact) mass is 282 g/mol. The van der Waals surface area contributed by atoms with Crippen LogP contribution in [-0.2, 0) is 6.54 Å². The Bertz CT molecular complexity index is 445. The minimum atomic E-state index is -0.0262. The fourth-order valence-electron chi connectivity index (χ4n) is 2.27. The van der Waals surface area contributed by atoms with Gasteiger partial charge in [-0.15, -0.1) is 0 Å². The SMILES string of the molecule is COc1cccc(Cl)c1CNC(=O)N1CCCCC1. The van der Waals surface area contributed by atoms with E-state index in [1.165, 1.54) is 6.42 Å². The number of carbonyl (C=O) groups is 1. The number of rotatable bonds is 3. The number of benzene rings is 1. The van der Waals surface area contributed by atoms with Crippen LogP contribution in [0.1, 0.15) is 24.8 Å². The van der Waals surface area contributed by atoms with Gasteiger partial charge in [-0.3, -0.25) is 0 Å². The number of urea groups is 1. The van der Waals surface area contributed by atoms with E-state index in [1.54, 1.807) is 13.2 Å². The zero-order valence-corrected chi connectivity index (χ0v) is 11.9. The summed E-state index contributed by atoms with van der Waals surface area (Å²) in [6.07, 6.45) is 3.38. The van der Waals surface area contributed by atoms with E-state index in [0.717, 1.165) is 31.5 Å². The molecule has 0 aromatic heterocycles. The lowest BCUT2D eigenvalue weighted by atomic mass is 10.1. The molecule has 0 bridgehead atoms. The number of hydrogen-bond acceptors (Lipinski definition) is 2. The minimum absolute atomic E-state index is 0.0262. The number of piperidine rings is 1. The Morgan fingerprint density at radius 1 is 1.37 bits per heavy atom. The van der Waals surface area contributed by atoms with Gasteiger partial charge in [-0.1, -0.05) is 17.7 Å². The zero-order chi connectivity index (χ0) is 13.7. The van der Waals surface area contributed by atoms with Crippen LogP contribution in [0.2, 0.25) is 5.02 Å². The van der Waals surface area contributed by atoms with E-state index < -0.39 is 0 Å². The number of methoxy groups -OCH3 is 1. The van der Waals surface area contributed by atoms with E-state index in [4.69, 9.17) is 16.3 Å². The molecular weight excluding hydrogens is 264 g/mol. The van der Waals surface area contributed by atoms with Gasteiger partial charge in [0.25, 0.3) is 0 Å². The summed E-state index contributed by atoms with van der Waals surface area (Å²) in [7, 11) is 1.60. The van der Waals surface area contributed by atoms with Crippen LogP contribution >= 0.6 is 11.6 Å². The number of hydrogen-bond donors (Lipinski definition) is 1. The van der Waals surface area contributed by atoms with Gasteiger partial charge >= 0.3 is 6.03 Å². The molecule has 0 radical (unpaired) electrons. The van der Waals surface area contributed by atoms with Crippen LogP contribution in [0.15, 0.2) is 18.2 Å². The van der Waals surface area contributed by atoms with Gasteiger partial charge in [-0.05, 0) is 31.4 Å². The number of halogens is 1. The molecule has 1 aromatic rings. The number of carbonyl (C=O) groups excluding carboxylic acids is 1. The first-order chi connectivity index (χ1) is 9.22. The number of nitrogens with one attached hydrogen (secondary N) is 1. The Balaban J connectivity index is 1.96. The van der Waals surface area contributed by atoms with Crippen LogP contribution in [-0.4, -0.2) is 31.1 Å². The van der Waals surface area contributed by atoms with Crippen LogP contribution in [0.25, 0.3) is 0 Å². The second-order valence-electron chi connectivity index (χ2n) is 4.63. The molecule has 0 atom stereocenters. The van der Waals surface area contributed by atoms with Crippen molar-refractivity contribution < 1.29 is 9.53 Å². The van der Waals surface area contributed by atoms with Crippen LogP contribution < -0.4 is 10.1 Å². The summed E-state index contributed by atoms with van der Waals surface area (Å²) in [5.74, 6) is 0.700. The van der Waals surface area contributed by atoms with Crippen molar-refractivity contribution in [2.45, 2.75) is 25.8 Å². The third-order valence-corrected chi connectivity index (χ3v) is 3.71. The lowest BCUT2D eigenvalue weighted by molar-refractivity contribution is 0.186. The average molecular weight is 283 g/mol. The van der Waals surface area contributed by atoms with Crippen molar-refractivity contribution in [2.75, 3.05) is 20.2 Å². The first kappa shape index (κ1) is 14.0. The lowest BCUT2D eigenvalue weighted by Gasteiger charge is -2.27. The summed E-state index contributed by atoms with van der Waals surface area (Å²) in [5, 5.41) is 3.52. The molecule has 19 heavy (non-hydrogen) atoms. The Morgan fingerprint density at radius 3 is 2.79 bits per heavy atom. The predicted molar refractivity (Wildman–Crippen MR) is 75.7 cm³/mol. The fourth-order valence-corrected chi connectivity index (χ4v) is 2.51. The topological polar surface area (TPSA) is 41.6 Å². The molecule has 2 amide bonds. The Hall–Kier alpha value is -1.42. The summed E-state index contributed by atoms with van der Waals surface area (Å²) >= 11 is 6.13. The van der Waals surface area contributed by atoms with Gasteiger partial charge in [0.05, 0.1) is 7.11 Å². The normalized spacial score (nSPS) is 15.2. The van der Waals surface area contributed by atoms with Crippen LogP contribution in [0.5, 0.6) is 5.75 Å². The van der Waals surface area contributed by atoms with Crippen molar-refractivity contribution >= 4 is 17.6 Å². The number of likely N-dealkylation sites (tertiary alicyclic amines) is 1. The van der Waals surface area contributed by atoms with E-state index in [2.05, 4.69) is 5.32 Å². The lowest BCUT2D eigenvalue weighted by Crippen LogP contribution is -2.42. The van der Waals surface area contributed by atoms with Gasteiger partial charge in [0.15, 0.2) is 0 Å². The van der Waals surface area contributed by atoms with E-state index in [0.29, 0.717) is 17.3 Å². The van der Waals surface area contributed by atoms with Crippen molar-refractivity contribution in [3.63, 3.8) is 0 Å². The highest BCUT2D eigenvalue weighted by molar-refractivity contribution is 6.31. The van der Waals surface area contributed by atoms with Crippen LogP contribution in [0.3, 0.4) is 0 Å². The highest BCUT2D eigenvalue weighted by Gasteiger charge is 2.17.